The summed E-state index contributed by atoms with van der Waals surface area (Å²) in [5.74, 6) is 0.470. The van der Waals surface area contributed by atoms with Gasteiger partial charge in [-0.1, -0.05) is 6.92 Å². The van der Waals surface area contributed by atoms with Gasteiger partial charge in [0.15, 0.2) is 5.65 Å². The average Bonchev–Trinajstić information content (AvgIpc) is 2.98. The minimum Gasteiger partial charge on any atom is -0.480 e. The monoisotopic (exact) mass is 303 g/mol. The lowest BCUT2D eigenvalue weighted by Gasteiger charge is -2.34. The van der Waals surface area contributed by atoms with E-state index in [0.717, 1.165) is 39.1 Å². The van der Waals surface area contributed by atoms with Crippen molar-refractivity contribution in [2.75, 3.05) is 39.8 Å². The molecule has 0 aliphatic carbocycles. The van der Waals surface area contributed by atoms with E-state index in [1.54, 1.807) is 30.0 Å². The van der Waals surface area contributed by atoms with Crippen molar-refractivity contribution in [3.05, 3.63) is 24.0 Å². The van der Waals surface area contributed by atoms with Crippen LogP contribution in [0.15, 0.2) is 18.3 Å². The third kappa shape index (κ3) is 2.89. The maximum Gasteiger partial charge on any atom is 0.274 e. The quantitative estimate of drug-likeness (QED) is 0.840. The molecule has 22 heavy (non-hydrogen) atoms. The summed E-state index contributed by atoms with van der Waals surface area (Å²) < 4.78 is 6.67. The summed E-state index contributed by atoms with van der Waals surface area (Å²) in [6.45, 7) is 6.64. The number of aromatic nitrogens is 3. The first kappa shape index (κ1) is 14.8. The molecule has 0 unspecified atom stereocenters. The van der Waals surface area contributed by atoms with E-state index in [2.05, 4.69) is 21.9 Å². The molecular weight excluding hydrogens is 282 g/mol. The topological polar surface area (TPSA) is 63.0 Å². The molecule has 0 N–H and O–H groups in total. The van der Waals surface area contributed by atoms with Crippen LogP contribution >= 0.6 is 0 Å². The van der Waals surface area contributed by atoms with Crippen LogP contribution in [-0.4, -0.2) is 70.1 Å². The van der Waals surface area contributed by atoms with Crippen LogP contribution in [0.2, 0.25) is 0 Å². The molecule has 0 atom stereocenters. The summed E-state index contributed by atoms with van der Waals surface area (Å²) >= 11 is 0. The fraction of sp³-hybridized carbons (Fsp3) is 0.533. The summed E-state index contributed by atoms with van der Waals surface area (Å²) in [6, 6.07) is 3.53. The predicted molar refractivity (Wildman–Crippen MR) is 82.2 cm³/mol. The minimum absolute atomic E-state index is 0.0272. The number of amides is 1. The highest BCUT2D eigenvalue weighted by molar-refractivity contribution is 5.93. The first-order chi connectivity index (χ1) is 10.7. The van der Waals surface area contributed by atoms with Crippen LogP contribution in [0, 0.1) is 0 Å². The number of hydrogen-bond donors (Lipinski definition) is 0. The van der Waals surface area contributed by atoms with E-state index in [1.165, 1.54) is 0 Å². The second-order valence-electron chi connectivity index (χ2n) is 5.44. The van der Waals surface area contributed by atoms with Gasteiger partial charge in [-0.15, -0.1) is 5.10 Å². The lowest BCUT2D eigenvalue weighted by molar-refractivity contribution is 0.0632. The molecule has 2 aromatic rings. The van der Waals surface area contributed by atoms with Gasteiger partial charge in [0.05, 0.1) is 13.3 Å². The van der Waals surface area contributed by atoms with Crippen LogP contribution in [0.1, 0.15) is 23.8 Å². The Kier molecular flexibility index (Phi) is 4.24. The van der Waals surface area contributed by atoms with E-state index in [-0.39, 0.29) is 5.91 Å². The fourth-order valence-corrected chi connectivity index (χ4v) is 2.73. The van der Waals surface area contributed by atoms with Gasteiger partial charge in [0.1, 0.15) is 5.69 Å². The van der Waals surface area contributed by atoms with Crippen molar-refractivity contribution in [3.63, 3.8) is 0 Å². The summed E-state index contributed by atoms with van der Waals surface area (Å²) in [6.07, 6.45) is 2.81. The number of carbonyl (C=O) groups is 1. The van der Waals surface area contributed by atoms with Crippen LogP contribution in [0.5, 0.6) is 5.88 Å². The largest absolute Gasteiger partial charge is 0.480 e. The van der Waals surface area contributed by atoms with Gasteiger partial charge in [0, 0.05) is 32.2 Å². The zero-order valence-electron chi connectivity index (χ0n) is 13.0. The molecule has 0 saturated carbocycles. The average molecular weight is 303 g/mol. The lowest BCUT2D eigenvalue weighted by Crippen LogP contribution is -2.48. The second-order valence-corrected chi connectivity index (χ2v) is 5.44. The minimum atomic E-state index is -0.0272. The molecule has 1 aliphatic rings. The van der Waals surface area contributed by atoms with E-state index >= 15 is 0 Å². The molecule has 2 aromatic heterocycles. The van der Waals surface area contributed by atoms with Crippen LogP contribution in [0.3, 0.4) is 0 Å². The number of methoxy groups -OCH3 is 1. The SMILES string of the molecule is CCCN1CCN(C(=O)c2cn3nc(OC)ccc3n2)CC1. The molecule has 7 heteroatoms. The number of nitrogens with zero attached hydrogens (tertiary/aromatic N) is 5. The molecule has 1 fully saturated rings. The van der Waals surface area contributed by atoms with Crippen LogP contribution in [0.25, 0.3) is 5.65 Å². The molecule has 0 aromatic carbocycles. The number of ether oxygens (including phenoxy) is 1. The van der Waals surface area contributed by atoms with Crippen molar-refractivity contribution in [1.82, 2.24) is 24.4 Å². The first-order valence-corrected chi connectivity index (χ1v) is 7.63. The number of hydrogen-bond acceptors (Lipinski definition) is 5. The Morgan fingerprint density at radius 1 is 1.27 bits per heavy atom. The van der Waals surface area contributed by atoms with Gasteiger partial charge in [-0.05, 0) is 19.0 Å². The Morgan fingerprint density at radius 2 is 2.05 bits per heavy atom. The van der Waals surface area contributed by atoms with Crippen molar-refractivity contribution in [3.8, 4) is 5.88 Å². The molecule has 7 nitrogen and oxygen atoms in total. The summed E-state index contributed by atoms with van der Waals surface area (Å²) in [4.78, 5) is 21.2. The van der Waals surface area contributed by atoms with Crippen molar-refractivity contribution >= 4 is 11.6 Å². The van der Waals surface area contributed by atoms with Gasteiger partial charge in [0.25, 0.3) is 5.91 Å². The molecule has 0 spiro atoms. The molecule has 1 aliphatic heterocycles. The first-order valence-electron chi connectivity index (χ1n) is 7.63. The van der Waals surface area contributed by atoms with E-state index in [9.17, 15) is 4.79 Å². The number of carbonyl (C=O) groups excluding carboxylic acids is 1. The standard InChI is InChI=1S/C15H21N5O2/c1-3-6-18-7-9-19(10-8-18)15(21)12-11-20-13(16-12)4-5-14(17-20)22-2/h4-5,11H,3,6-10H2,1-2H3. The Hall–Kier alpha value is -2.15. The Balaban J connectivity index is 1.72. The second kappa shape index (κ2) is 6.31. The van der Waals surface area contributed by atoms with Crippen molar-refractivity contribution in [1.29, 1.82) is 0 Å². The Labute approximate surface area is 129 Å². The van der Waals surface area contributed by atoms with Gasteiger partial charge in [-0.2, -0.15) is 0 Å². The highest BCUT2D eigenvalue weighted by Gasteiger charge is 2.23. The fourth-order valence-electron chi connectivity index (χ4n) is 2.73. The molecule has 1 amide bonds. The van der Waals surface area contributed by atoms with Crippen molar-refractivity contribution in [2.24, 2.45) is 0 Å². The van der Waals surface area contributed by atoms with Crippen LogP contribution < -0.4 is 4.74 Å². The highest BCUT2D eigenvalue weighted by atomic mass is 16.5. The number of fused-ring (bicyclic) bond motifs is 1. The van der Waals surface area contributed by atoms with Crippen molar-refractivity contribution < 1.29 is 9.53 Å². The lowest BCUT2D eigenvalue weighted by atomic mass is 10.2. The van der Waals surface area contributed by atoms with E-state index in [0.29, 0.717) is 17.2 Å². The maximum absolute atomic E-state index is 12.6. The number of piperazine rings is 1. The van der Waals surface area contributed by atoms with E-state index < -0.39 is 0 Å². The number of imidazole rings is 1. The predicted octanol–water partition coefficient (Wildman–Crippen LogP) is 0.906. The normalized spacial score (nSPS) is 16.2. The molecule has 0 bridgehead atoms. The highest BCUT2D eigenvalue weighted by Crippen LogP contribution is 2.12. The number of rotatable bonds is 4. The third-order valence-corrected chi connectivity index (χ3v) is 3.92. The Morgan fingerprint density at radius 3 is 2.73 bits per heavy atom. The van der Waals surface area contributed by atoms with Crippen LogP contribution in [-0.2, 0) is 0 Å². The maximum atomic E-state index is 12.6. The van der Waals surface area contributed by atoms with E-state index in [4.69, 9.17) is 4.74 Å². The summed E-state index contributed by atoms with van der Waals surface area (Å²) in [5, 5.41) is 4.23. The van der Waals surface area contributed by atoms with Crippen LogP contribution in [0.4, 0.5) is 0 Å². The molecular formula is C15H21N5O2. The molecule has 1 saturated heterocycles. The van der Waals surface area contributed by atoms with E-state index in [1.807, 2.05) is 4.90 Å². The molecule has 3 rings (SSSR count). The Bertz CT molecular complexity index is 661. The zero-order valence-corrected chi connectivity index (χ0v) is 13.0. The van der Waals surface area contributed by atoms with Gasteiger partial charge in [0.2, 0.25) is 5.88 Å². The van der Waals surface area contributed by atoms with Gasteiger partial charge in [-0.3, -0.25) is 9.69 Å². The van der Waals surface area contributed by atoms with Crippen molar-refractivity contribution in [2.45, 2.75) is 13.3 Å². The van der Waals surface area contributed by atoms with Gasteiger partial charge >= 0.3 is 0 Å². The smallest absolute Gasteiger partial charge is 0.274 e. The molecule has 3 heterocycles. The van der Waals surface area contributed by atoms with Gasteiger partial charge in [-0.25, -0.2) is 9.50 Å². The molecule has 118 valence electrons. The summed E-state index contributed by atoms with van der Waals surface area (Å²) in [5.41, 5.74) is 1.08. The summed E-state index contributed by atoms with van der Waals surface area (Å²) in [7, 11) is 1.56. The zero-order chi connectivity index (χ0) is 15.5. The third-order valence-electron chi connectivity index (χ3n) is 3.92. The molecule has 0 radical (unpaired) electrons. The van der Waals surface area contributed by atoms with Gasteiger partial charge < -0.3 is 9.64 Å².